The molecule has 1 amide bonds. The van der Waals surface area contributed by atoms with Crippen LogP contribution in [0.25, 0.3) is 11.1 Å². The fourth-order valence-corrected chi connectivity index (χ4v) is 5.25. The minimum Gasteiger partial charge on any atom is -0.351 e. The number of hydrogen-bond acceptors (Lipinski definition) is 5. The van der Waals surface area contributed by atoms with E-state index in [1.165, 1.54) is 6.07 Å². The second-order valence-electron chi connectivity index (χ2n) is 7.09. The van der Waals surface area contributed by atoms with Crippen molar-refractivity contribution in [2.75, 3.05) is 6.54 Å². The number of rotatable bonds is 9. The van der Waals surface area contributed by atoms with E-state index in [2.05, 4.69) is 39.4 Å². The van der Waals surface area contributed by atoms with Crippen molar-refractivity contribution < 1.29 is 13.2 Å². The fourth-order valence-electron chi connectivity index (χ4n) is 3.23. The monoisotopic (exact) mass is 466 g/mol. The Morgan fingerprint density at radius 3 is 2.53 bits per heavy atom. The van der Waals surface area contributed by atoms with Crippen molar-refractivity contribution >= 4 is 27.3 Å². The van der Waals surface area contributed by atoms with Gasteiger partial charge in [0, 0.05) is 18.9 Å². The first-order chi connectivity index (χ1) is 15.5. The summed E-state index contributed by atoms with van der Waals surface area (Å²) in [5.41, 5.74) is 4.14. The van der Waals surface area contributed by atoms with E-state index in [9.17, 15) is 13.2 Å². The second kappa shape index (κ2) is 9.90. The molecule has 2 N–H and O–H groups in total. The Morgan fingerprint density at radius 1 is 1.00 bits per heavy atom. The zero-order chi connectivity index (χ0) is 22.4. The predicted octanol–water partition coefficient (Wildman–Crippen LogP) is 3.25. The second-order valence-corrected chi connectivity index (χ2v) is 10.0. The maximum absolute atomic E-state index is 12.2. The maximum Gasteiger partial charge on any atom is 0.250 e. The van der Waals surface area contributed by atoms with Crippen LogP contribution >= 0.6 is 11.3 Å². The van der Waals surface area contributed by atoms with Crippen molar-refractivity contribution in [2.24, 2.45) is 0 Å². The van der Waals surface area contributed by atoms with Gasteiger partial charge in [-0.3, -0.25) is 9.48 Å². The Kier molecular flexibility index (Phi) is 6.79. The van der Waals surface area contributed by atoms with Gasteiger partial charge in [0.2, 0.25) is 5.91 Å². The summed E-state index contributed by atoms with van der Waals surface area (Å²) in [5, 5.41) is 8.70. The molecule has 9 heteroatoms. The normalized spacial score (nSPS) is 11.4. The van der Waals surface area contributed by atoms with Crippen LogP contribution in [0, 0.1) is 0 Å². The molecule has 0 spiro atoms. The summed E-state index contributed by atoms with van der Waals surface area (Å²) in [6.45, 7) is 0.682. The molecule has 7 nitrogen and oxygen atoms in total. The molecule has 0 radical (unpaired) electrons. The Labute approximate surface area is 190 Å². The molecule has 2 aromatic heterocycles. The van der Waals surface area contributed by atoms with E-state index in [1.54, 1.807) is 17.6 Å². The molecule has 0 bridgehead atoms. The zero-order valence-electron chi connectivity index (χ0n) is 17.1. The Bertz CT molecular complexity index is 1270. The molecule has 0 aliphatic heterocycles. The number of aromatic nitrogens is 2. The summed E-state index contributed by atoms with van der Waals surface area (Å²) in [6, 6.07) is 21.1. The number of thiophene rings is 1. The minimum atomic E-state index is -3.67. The molecule has 164 valence electrons. The number of benzene rings is 2. The van der Waals surface area contributed by atoms with Crippen LogP contribution in [0.1, 0.15) is 11.1 Å². The number of amides is 1. The highest BCUT2D eigenvalue weighted by Crippen LogP contribution is 2.24. The standard InChI is InChI=1S/C23H22N4O3S2/c28-22(16-26-32(29,30)23-7-3-14-31-23)24-15-20-5-1-2-6-21(20)19-10-8-18(9-11-19)17-27-13-4-12-25-27/h1-14,26H,15-17H2,(H,24,28). The lowest BCUT2D eigenvalue weighted by atomic mass is 9.98. The molecule has 32 heavy (non-hydrogen) atoms. The van der Waals surface area contributed by atoms with Gasteiger partial charge in [0.1, 0.15) is 4.21 Å². The number of carbonyl (C=O) groups is 1. The molecule has 2 heterocycles. The van der Waals surface area contributed by atoms with Crippen molar-refractivity contribution in [2.45, 2.75) is 17.3 Å². The van der Waals surface area contributed by atoms with Gasteiger partial charge < -0.3 is 5.32 Å². The van der Waals surface area contributed by atoms with Crippen LogP contribution in [0.5, 0.6) is 0 Å². The van der Waals surface area contributed by atoms with Gasteiger partial charge in [0.05, 0.1) is 13.1 Å². The number of nitrogens with zero attached hydrogens (tertiary/aromatic N) is 2. The lowest BCUT2D eigenvalue weighted by molar-refractivity contribution is -0.120. The molecule has 0 aliphatic rings. The van der Waals surface area contributed by atoms with E-state index in [4.69, 9.17) is 0 Å². The van der Waals surface area contributed by atoms with Crippen LogP contribution in [0.3, 0.4) is 0 Å². The molecular weight excluding hydrogens is 444 g/mol. The van der Waals surface area contributed by atoms with Gasteiger partial charge in [0.15, 0.2) is 0 Å². The zero-order valence-corrected chi connectivity index (χ0v) is 18.8. The summed E-state index contributed by atoms with van der Waals surface area (Å²) >= 11 is 1.11. The molecule has 0 aliphatic carbocycles. The van der Waals surface area contributed by atoms with Gasteiger partial charge in [0.25, 0.3) is 10.0 Å². The maximum atomic E-state index is 12.2. The van der Waals surface area contributed by atoms with Gasteiger partial charge in [-0.15, -0.1) is 11.3 Å². The van der Waals surface area contributed by atoms with E-state index in [0.29, 0.717) is 13.1 Å². The summed E-state index contributed by atoms with van der Waals surface area (Å²) in [6.07, 6.45) is 3.68. The smallest absolute Gasteiger partial charge is 0.250 e. The van der Waals surface area contributed by atoms with Gasteiger partial charge in [-0.2, -0.15) is 5.10 Å². The molecule has 0 atom stereocenters. The summed E-state index contributed by atoms with van der Waals surface area (Å²) in [7, 11) is -3.67. The van der Waals surface area contributed by atoms with E-state index in [0.717, 1.165) is 33.6 Å². The van der Waals surface area contributed by atoms with Gasteiger partial charge in [-0.05, 0) is 39.8 Å². The largest absolute Gasteiger partial charge is 0.351 e. The van der Waals surface area contributed by atoms with E-state index in [-0.39, 0.29) is 10.8 Å². The van der Waals surface area contributed by atoms with Crippen molar-refractivity contribution in [3.8, 4) is 11.1 Å². The SMILES string of the molecule is O=C(CNS(=O)(=O)c1cccs1)NCc1ccccc1-c1ccc(Cn2cccn2)cc1. The quantitative estimate of drug-likeness (QED) is 0.396. The molecule has 0 unspecified atom stereocenters. The molecular formula is C23H22N4O3S2. The summed E-state index contributed by atoms with van der Waals surface area (Å²) < 4.78 is 28.7. The average molecular weight is 467 g/mol. The molecule has 4 rings (SSSR count). The lowest BCUT2D eigenvalue weighted by Gasteiger charge is -2.12. The number of hydrogen-bond donors (Lipinski definition) is 2. The Hall–Kier alpha value is -3.27. The number of nitrogens with one attached hydrogen (secondary N) is 2. The molecule has 2 aromatic carbocycles. The number of sulfonamides is 1. The van der Waals surface area contributed by atoms with Gasteiger partial charge >= 0.3 is 0 Å². The number of carbonyl (C=O) groups excluding carboxylic acids is 1. The fraction of sp³-hybridized carbons (Fsp3) is 0.130. The molecule has 4 aromatic rings. The first kappa shape index (κ1) is 21.9. The first-order valence-corrected chi connectivity index (χ1v) is 12.3. The third-order valence-electron chi connectivity index (χ3n) is 4.84. The molecule has 0 saturated heterocycles. The topological polar surface area (TPSA) is 93.1 Å². The van der Waals surface area contributed by atoms with Crippen LogP contribution < -0.4 is 10.0 Å². The molecule has 0 fully saturated rings. The predicted molar refractivity (Wildman–Crippen MR) is 125 cm³/mol. The van der Waals surface area contributed by atoms with Gasteiger partial charge in [-0.1, -0.05) is 54.6 Å². The van der Waals surface area contributed by atoms with E-state index >= 15 is 0 Å². The first-order valence-electron chi connectivity index (χ1n) is 9.96. The van der Waals surface area contributed by atoms with Crippen LogP contribution in [0.4, 0.5) is 0 Å². The third kappa shape index (κ3) is 5.50. The Balaban J connectivity index is 1.37. The van der Waals surface area contributed by atoms with Crippen LogP contribution in [-0.4, -0.2) is 30.7 Å². The van der Waals surface area contributed by atoms with Gasteiger partial charge in [-0.25, -0.2) is 13.1 Å². The van der Waals surface area contributed by atoms with Crippen molar-refractivity contribution in [1.82, 2.24) is 19.8 Å². The van der Waals surface area contributed by atoms with Crippen molar-refractivity contribution in [3.63, 3.8) is 0 Å². The molecule has 0 saturated carbocycles. The van der Waals surface area contributed by atoms with Crippen LogP contribution in [0.15, 0.2) is 88.7 Å². The highest BCUT2D eigenvalue weighted by molar-refractivity contribution is 7.91. The third-order valence-corrected chi connectivity index (χ3v) is 7.64. The van der Waals surface area contributed by atoms with Crippen molar-refractivity contribution in [3.05, 3.63) is 95.6 Å². The summed E-state index contributed by atoms with van der Waals surface area (Å²) in [5.74, 6) is -0.394. The highest BCUT2D eigenvalue weighted by Gasteiger charge is 2.16. The highest BCUT2D eigenvalue weighted by atomic mass is 32.2. The summed E-state index contributed by atoms with van der Waals surface area (Å²) in [4.78, 5) is 12.2. The van der Waals surface area contributed by atoms with E-state index in [1.807, 2.05) is 41.2 Å². The van der Waals surface area contributed by atoms with Crippen molar-refractivity contribution in [1.29, 1.82) is 0 Å². The van der Waals surface area contributed by atoms with Crippen LogP contribution in [-0.2, 0) is 27.9 Å². The lowest BCUT2D eigenvalue weighted by Crippen LogP contribution is -2.36. The minimum absolute atomic E-state index is 0.187. The van der Waals surface area contributed by atoms with E-state index < -0.39 is 15.9 Å². The van der Waals surface area contributed by atoms with Crippen LogP contribution in [0.2, 0.25) is 0 Å². The average Bonchev–Trinajstić information content (AvgIpc) is 3.52. The Morgan fingerprint density at radius 2 is 1.81 bits per heavy atom.